The molecule has 9 heteroatoms. The molecule has 2 amide bonds. The van der Waals surface area contributed by atoms with Gasteiger partial charge in [-0.3, -0.25) is 19.5 Å². The first-order chi connectivity index (χ1) is 14.0. The molecular weight excluding hydrogens is 399 g/mol. The van der Waals surface area contributed by atoms with E-state index in [1.165, 1.54) is 25.4 Å². The van der Waals surface area contributed by atoms with Gasteiger partial charge in [-0.1, -0.05) is 17.7 Å². The Morgan fingerprint density at radius 3 is 2.62 bits per heavy atom. The molecule has 1 saturated heterocycles. The van der Waals surface area contributed by atoms with Crippen LogP contribution in [0.25, 0.3) is 0 Å². The minimum atomic E-state index is -0.444. The van der Waals surface area contributed by atoms with Crippen molar-refractivity contribution in [1.29, 1.82) is 0 Å². The third kappa shape index (κ3) is 5.65. The van der Waals surface area contributed by atoms with Crippen LogP contribution in [0.1, 0.15) is 16.1 Å². The van der Waals surface area contributed by atoms with Gasteiger partial charge in [-0.05, 0) is 29.8 Å². The number of methoxy groups -OCH3 is 1. The van der Waals surface area contributed by atoms with Crippen LogP contribution in [0.15, 0.2) is 36.5 Å². The average molecular weight is 421 g/mol. The third-order valence-corrected chi connectivity index (χ3v) is 4.94. The number of ether oxygens (including phenoxy) is 1. The van der Waals surface area contributed by atoms with Crippen molar-refractivity contribution >= 4 is 23.4 Å². The minimum absolute atomic E-state index is 0.100. The van der Waals surface area contributed by atoms with Gasteiger partial charge in [-0.25, -0.2) is 4.39 Å². The molecule has 154 valence electrons. The molecule has 7 nitrogen and oxygen atoms in total. The largest absolute Gasteiger partial charge is 0.494 e. The SMILES string of the molecule is COc1ccc(CN2CCN(C(=O)CNC(=O)c3cc(Cl)ccn3)CC2)cc1F. The Labute approximate surface area is 173 Å². The van der Waals surface area contributed by atoms with E-state index in [0.29, 0.717) is 37.7 Å². The molecule has 1 fully saturated rings. The highest BCUT2D eigenvalue weighted by Gasteiger charge is 2.22. The second-order valence-corrected chi connectivity index (χ2v) is 7.10. The first-order valence-electron chi connectivity index (χ1n) is 9.18. The monoisotopic (exact) mass is 420 g/mol. The summed E-state index contributed by atoms with van der Waals surface area (Å²) >= 11 is 5.84. The van der Waals surface area contributed by atoms with Gasteiger partial charge in [-0.2, -0.15) is 0 Å². The summed E-state index contributed by atoms with van der Waals surface area (Å²) in [5, 5.41) is 2.98. The Balaban J connectivity index is 1.44. The number of amides is 2. The minimum Gasteiger partial charge on any atom is -0.494 e. The summed E-state index contributed by atoms with van der Waals surface area (Å²) in [6.45, 7) is 2.93. The van der Waals surface area contributed by atoms with E-state index in [9.17, 15) is 14.0 Å². The molecule has 29 heavy (non-hydrogen) atoms. The first-order valence-corrected chi connectivity index (χ1v) is 9.56. The number of nitrogens with one attached hydrogen (secondary N) is 1. The Morgan fingerprint density at radius 2 is 1.97 bits per heavy atom. The molecule has 1 aliphatic heterocycles. The third-order valence-electron chi connectivity index (χ3n) is 4.70. The molecule has 0 saturated carbocycles. The molecule has 3 rings (SSSR count). The molecule has 1 aromatic carbocycles. The lowest BCUT2D eigenvalue weighted by molar-refractivity contribution is -0.131. The van der Waals surface area contributed by atoms with Crippen molar-refractivity contribution < 1.29 is 18.7 Å². The number of pyridine rings is 1. The molecular formula is C20H22ClFN4O3. The van der Waals surface area contributed by atoms with Crippen molar-refractivity contribution in [2.24, 2.45) is 0 Å². The lowest BCUT2D eigenvalue weighted by Gasteiger charge is -2.34. The standard InChI is InChI=1S/C20H22ClFN4O3/c1-29-18-3-2-14(10-16(18)22)13-25-6-8-26(9-7-25)19(27)12-24-20(28)17-11-15(21)4-5-23-17/h2-5,10-11H,6-9,12-13H2,1H3,(H,24,28). The molecule has 1 N–H and O–H groups in total. The number of carbonyl (C=O) groups is 2. The number of halogens is 2. The molecule has 0 bridgehead atoms. The Bertz CT molecular complexity index is 888. The topological polar surface area (TPSA) is 74.8 Å². The van der Waals surface area contributed by atoms with Crippen LogP contribution < -0.4 is 10.1 Å². The maximum atomic E-state index is 13.8. The summed E-state index contributed by atoms with van der Waals surface area (Å²) in [4.78, 5) is 32.2. The second-order valence-electron chi connectivity index (χ2n) is 6.67. The smallest absolute Gasteiger partial charge is 0.270 e. The van der Waals surface area contributed by atoms with Crippen LogP contribution in [0.2, 0.25) is 5.02 Å². The quantitative estimate of drug-likeness (QED) is 0.773. The van der Waals surface area contributed by atoms with Crippen molar-refractivity contribution in [1.82, 2.24) is 20.1 Å². The Kier molecular flexibility index (Phi) is 7.00. The number of benzene rings is 1. The average Bonchev–Trinajstić information content (AvgIpc) is 2.72. The van der Waals surface area contributed by atoms with E-state index in [0.717, 1.165) is 5.56 Å². The molecule has 1 aliphatic rings. The molecule has 0 atom stereocenters. The molecule has 2 aromatic rings. The number of hydrogen-bond donors (Lipinski definition) is 1. The maximum absolute atomic E-state index is 13.8. The number of nitrogens with zero attached hydrogens (tertiary/aromatic N) is 3. The summed E-state index contributed by atoms with van der Waals surface area (Å²) in [6.07, 6.45) is 1.44. The summed E-state index contributed by atoms with van der Waals surface area (Å²) in [5.41, 5.74) is 1.02. The van der Waals surface area contributed by atoms with E-state index >= 15 is 0 Å². The Morgan fingerprint density at radius 1 is 1.21 bits per heavy atom. The first kappa shape index (κ1) is 21.0. The van der Waals surface area contributed by atoms with E-state index in [2.05, 4.69) is 15.2 Å². The van der Waals surface area contributed by atoms with Gasteiger partial charge in [0.05, 0.1) is 13.7 Å². The molecule has 0 spiro atoms. The maximum Gasteiger partial charge on any atom is 0.270 e. The number of hydrogen-bond acceptors (Lipinski definition) is 5. The number of aromatic nitrogens is 1. The van der Waals surface area contributed by atoms with E-state index in [1.54, 1.807) is 17.0 Å². The highest BCUT2D eigenvalue weighted by molar-refractivity contribution is 6.30. The van der Waals surface area contributed by atoms with Crippen LogP contribution in [-0.4, -0.2) is 66.4 Å². The highest BCUT2D eigenvalue weighted by atomic mass is 35.5. The van der Waals surface area contributed by atoms with Crippen LogP contribution in [0.4, 0.5) is 4.39 Å². The summed E-state index contributed by atoms with van der Waals surface area (Å²) in [6, 6.07) is 7.93. The van der Waals surface area contributed by atoms with Crippen LogP contribution in [0, 0.1) is 5.82 Å². The van der Waals surface area contributed by atoms with Crippen molar-refractivity contribution in [3.8, 4) is 5.75 Å². The summed E-state index contributed by atoms with van der Waals surface area (Å²) in [5.74, 6) is -0.764. The van der Waals surface area contributed by atoms with Gasteiger partial charge in [0.15, 0.2) is 11.6 Å². The predicted molar refractivity (Wildman–Crippen MR) is 106 cm³/mol. The lowest BCUT2D eigenvalue weighted by Crippen LogP contribution is -2.50. The normalized spacial score (nSPS) is 14.5. The zero-order valence-electron chi connectivity index (χ0n) is 16.0. The van der Waals surface area contributed by atoms with Crippen LogP contribution >= 0.6 is 11.6 Å². The summed E-state index contributed by atoms with van der Waals surface area (Å²) in [7, 11) is 1.43. The van der Waals surface area contributed by atoms with Crippen molar-refractivity contribution in [3.63, 3.8) is 0 Å². The Hall–Kier alpha value is -2.71. The van der Waals surface area contributed by atoms with E-state index < -0.39 is 5.91 Å². The van der Waals surface area contributed by atoms with Crippen molar-refractivity contribution in [2.75, 3.05) is 39.8 Å². The fourth-order valence-corrected chi connectivity index (χ4v) is 3.27. The van der Waals surface area contributed by atoms with Gasteiger partial charge >= 0.3 is 0 Å². The van der Waals surface area contributed by atoms with Crippen LogP contribution in [-0.2, 0) is 11.3 Å². The van der Waals surface area contributed by atoms with Crippen molar-refractivity contribution in [2.45, 2.75) is 6.54 Å². The van der Waals surface area contributed by atoms with Crippen molar-refractivity contribution in [3.05, 3.63) is 58.6 Å². The second kappa shape index (κ2) is 9.67. The number of rotatable bonds is 6. The number of piperazine rings is 1. The zero-order valence-corrected chi connectivity index (χ0v) is 16.8. The van der Waals surface area contributed by atoms with Gasteiger partial charge < -0.3 is 15.0 Å². The van der Waals surface area contributed by atoms with Gasteiger partial charge in [0.25, 0.3) is 5.91 Å². The zero-order chi connectivity index (χ0) is 20.8. The van der Waals surface area contributed by atoms with Crippen LogP contribution in [0.3, 0.4) is 0 Å². The molecule has 0 aliphatic carbocycles. The van der Waals surface area contributed by atoms with E-state index in [-0.39, 0.29) is 29.7 Å². The lowest BCUT2D eigenvalue weighted by atomic mass is 10.2. The summed E-state index contributed by atoms with van der Waals surface area (Å²) < 4.78 is 18.8. The molecule has 0 radical (unpaired) electrons. The van der Waals surface area contributed by atoms with Gasteiger partial charge in [-0.15, -0.1) is 0 Å². The highest BCUT2D eigenvalue weighted by Crippen LogP contribution is 2.19. The number of carbonyl (C=O) groups excluding carboxylic acids is 2. The van der Waals surface area contributed by atoms with Gasteiger partial charge in [0.1, 0.15) is 5.69 Å². The fraction of sp³-hybridized carbons (Fsp3) is 0.350. The molecule has 1 aromatic heterocycles. The van der Waals surface area contributed by atoms with Gasteiger partial charge in [0, 0.05) is 43.9 Å². The van der Waals surface area contributed by atoms with Crippen LogP contribution in [0.5, 0.6) is 5.75 Å². The van der Waals surface area contributed by atoms with E-state index in [1.807, 2.05) is 6.07 Å². The predicted octanol–water partition coefficient (Wildman–Crippen LogP) is 1.96. The molecule has 2 heterocycles. The van der Waals surface area contributed by atoms with Gasteiger partial charge in [0.2, 0.25) is 5.91 Å². The fourth-order valence-electron chi connectivity index (χ4n) is 3.11. The van der Waals surface area contributed by atoms with E-state index in [4.69, 9.17) is 16.3 Å². The molecule has 0 unspecified atom stereocenters.